The Morgan fingerprint density at radius 3 is 2.40 bits per heavy atom. The van der Waals surface area contributed by atoms with Crippen molar-refractivity contribution >= 4 is 17.5 Å². The highest BCUT2D eigenvalue weighted by atomic mass is 35.5. The smallest absolute Gasteiger partial charge is 0.225 e. The van der Waals surface area contributed by atoms with Gasteiger partial charge >= 0.3 is 0 Å². The Hall–Kier alpha value is -2.18. The van der Waals surface area contributed by atoms with Gasteiger partial charge in [0, 0.05) is 48.0 Å². The van der Waals surface area contributed by atoms with E-state index in [2.05, 4.69) is 4.98 Å². The van der Waals surface area contributed by atoms with Gasteiger partial charge in [0.1, 0.15) is 11.9 Å². The number of fused-ring (bicyclic) bond motifs is 1. The molecule has 1 aromatic heterocycles. The van der Waals surface area contributed by atoms with Gasteiger partial charge in [0.05, 0.1) is 10.7 Å². The van der Waals surface area contributed by atoms with Crippen LogP contribution in [0.4, 0.5) is 4.39 Å². The van der Waals surface area contributed by atoms with Gasteiger partial charge in [0.25, 0.3) is 0 Å². The molecule has 30 heavy (non-hydrogen) atoms. The Bertz CT molecular complexity index is 960. The number of ether oxygens (including phenoxy) is 1. The summed E-state index contributed by atoms with van der Waals surface area (Å²) in [7, 11) is 0. The third kappa shape index (κ3) is 3.91. The summed E-state index contributed by atoms with van der Waals surface area (Å²) in [6.45, 7) is 9.03. The van der Waals surface area contributed by atoms with Crippen LogP contribution in [0, 0.1) is 23.6 Å². The molecule has 2 N–H and O–H groups in total. The first kappa shape index (κ1) is 21.1. The maximum absolute atomic E-state index is 13.4. The molecule has 1 aromatic carbocycles. The lowest BCUT2D eigenvalue weighted by atomic mass is 9.94. The molecule has 160 valence electrons. The number of nitrogens with zero attached hydrogens (tertiary/aromatic N) is 2. The van der Waals surface area contributed by atoms with Crippen LogP contribution in [0.1, 0.15) is 33.3 Å². The van der Waals surface area contributed by atoms with Crippen molar-refractivity contribution < 1.29 is 13.9 Å². The third-order valence-corrected chi connectivity index (χ3v) is 6.31. The number of rotatable bonds is 5. The number of aromatic nitrogens is 1. The summed E-state index contributed by atoms with van der Waals surface area (Å²) < 4.78 is 19.6. The quantitative estimate of drug-likeness (QED) is 0.769. The predicted molar refractivity (Wildman–Crippen MR) is 115 cm³/mol. The van der Waals surface area contributed by atoms with Crippen molar-refractivity contribution in [1.82, 2.24) is 9.88 Å². The van der Waals surface area contributed by atoms with Crippen LogP contribution >= 0.6 is 11.6 Å². The van der Waals surface area contributed by atoms with Gasteiger partial charge in [0.15, 0.2) is 0 Å². The topological polar surface area (TPSA) is 68.5 Å². The molecule has 0 spiro atoms. The van der Waals surface area contributed by atoms with Gasteiger partial charge in [-0.2, -0.15) is 0 Å². The minimum absolute atomic E-state index is 0.00686. The average Bonchev–Trinajstić information content (AvgIpc) is 3.10. The second-order valence-electron chi connectivity index (χ2n) is 9.21. The zero-order valence-electron chi connectivity index (χ0n) is 17.7. The molecule has 1 aliphatic heterocycles. The Kier molecular flexibility index (Phi) is 5.27. The normalized spacial score (nSPS) is 22.9. The summed E-state index contributed by atoms with van der Waals surface area (Å²) in [6, 6.07) is 7.82. The lowest BCUT2D eigenvalue weighted by molar-refractivity contribution is -0.134. The van der Waals surface area contributed by atoms with Gasteiger partial charge < -0.3 is 15.4 Å². The number of halogens is 2. The standard InChI is InChI=1S/C23H27ClFN3O2/c1-12(2)22(29)28-10-15-16(11-28)21(15)30-18-9-17(23(3,4)26)19(24)20(27-18)13-5-7-14(25)8-6-13/h5-9,12,15-16,21H,10-11,26H2,1-4H3/t15-,16+,21?. The second kappa shape index (κ2) is 7.50. The average molecular weight is 432 g/mol. The summed E-state index contributed by atoms with van der Waals surface area (Å²) in [5, 5.41) is 0.436. The SMILES string of the molecule is CC(C)C(=O)N1C[C@@H]2C(Oc3cc(C(C)(C)N)c(Cl)c(-c4ccc(F)cc4)n3)[C@@H]2C1. The first-order chi connectivity index (χ1) is 14.1. The monoisotopic (exact) mass is 431 g/mol. The molecule has 1 amide bonds. The van der Waals surface area contributed by atoms with E-state index in [0.29, 0.717) is 34.0 Å². The van der Waals surface area contributed by atoms with Crippen molar-refractivity contribution in [2.75, 3.05) is 13.1 Å². The molecule has 2 heterocycles. The molecule has 0 radical (unpaired) electrons. The fourth-order valence-corrected chi connectivity index (χ4v) is 4.61. The van der Waals surface area contributed by atoms with Gasteiger partial charge in [-0.1, -0.05) is 25.4 Å². The molecule has 2 fully saturated rings. The second-order valence-corrected chi connectivity index (χ2v) is 9.59. The van der Waals surface area contributed by atoms with E-state index in [1.165, 1.54) is 12.1 Å². The molecule has 5 nitrogen and oxygen atoms in total. The molecular weight excluding hydrogens is 405 g/mol. The van der Waals surface area contributed by atoms with Gasteiger partial charge in [-0.05, 0) is 43.7 Å². The van der Waals surface area contributed by atoms with E-state index in [1.54, 1.807) is 18.2 Å². The van der Waals surface area contributed by atoms with E-state index in [-0.39, 0.29) is 23.7 Å². The van der Waals surface area contributed by atoms with Crippen LogP contribution in [0.3, 0.4) is 0 Å². The number of likely N-dealkylation sites (tertiary alicyclic amines) is 1. The highest BCUT2D eigenvalue weighted by Gasteiger charge is 2.59. The van der Waals surface area contributed by atoms with Crippen LogP contribution in [0.25, 0.3) is 11.3 Å². The van der Waals surface area contributed by atoms with E-state index in [9.17, 15) is 9.18 Å². The van der Waals surface area contributed by atoms with E-state index < -0.39 is 5.54 Å². The van der Waals surface area contributed by atoms with Crippen molar-refractivity contribution in [1.29, 1.82) is 0 Å². The number of nitrogens with two attached hydrogens (primary N) is 1. The maximum Gasteiger partial charge on any atom is 0.225 e. The van der Waals surface area contributed by atoms with Crippen molar-refractivity contribution in [3.05, 3.63) is 46.7 Å². The van der Waals surface area contributed by atoms with Crippen molar-refractivity contribution in [3.8, 4) is 17.1 Å². The number of amides is 1. The van der Waals surface area contributed by atoms with Crippen molar-refractivity contribution in [2.24, 2.45) is 23.5 Å². The molecule has 1 unspecified atom stereocenters. The predicted octanol–water partition coefficient (Wildman–Crippen LogP) is 4.23. The maximum atomic E-state index is 13.4. The molecule has 0 bridgehead atoms. The highest BCUT2D eigenvalue weighted by Crippen LogP contribution is 2.48. The molecular formula is C23H27ClFN3O2. The van der Waals surface area contributed by atoms with Crippen LogP contribution in [-0.2, 0) is 10.3 Å². The van der Waals surface area contributed by atoms with Gasteiger partial charge in [-0.25, -0.2) is 9.37 Å². The fraction of sp³-hybridized carbons (Fsp3) is 0.478. The number of hydrogen-bond acceptors (Lipinski definition) is 4. The molecule has 2 aromatic rings. The van der Waals surface area contributed by atoms with Crippen LogP contribution in [0.15, 0.2) is 30.3 Å². The first-order valence-electron chi connectivity index (χ1n) is 10.3. The summed E-state index contributed by atoms with van der Waals surface area (Å²) >= 11 is 6.64. The molecule has 7 heteroatoms. The Balaban J connectivity index is 1.58. The van der Waals surface area contributed by atoms with E-state index in [0.717, 1.165) is 18.7 Å². The number of piperidine rings is 1. The zero-order chi connectivity index (χ0) is 21.8. The van der Waals surface area contributed by atoms with Crippen LogP contribution in [0.2, 0.25) is 5.02 Å². The summed E-state index contributed by atoms with van der Waals surface area (Å²) in [5.74, 6) is 0.979. The fourth-order valence-electron chi connectivity index (χ4n) is 4.17. The number of pyridine rings is 1. The minimum Gasteiger partial charge on any atom is -0.474 e. The molecule has 1 saturated heterocycles. The van der Waals surface area contributed by atoms with E-state index in [1.807, 2.05) is 32.6 Å². The Morgan fingerprint density at radius 1 is 1.27 bits per heavy atom. The summed E-state index contributed by atoms with van der Waals surface area (Å²) in [6.07, 6.45) is 0.0321. The minimum atomic E-state index is -0.702. The molecule has 3 atom stereocenters. The van der Waals surface area contributed by atoms with Gasteiger partial charge in [-0.3, -0.25) is 4.79 Å². The highest BCUT2D eigenvalue weighted by molar-refractivity contribution is 6.34. The summed E-state index contributed by atoms with van der Waals surface area (Å²) in [5.41, 5.74) is 7.58. The lowest BCUT2D eigenvalue weighted by Crippen LogP contribution is -2.36. The molecule has 1 aliphatic carbocycles. The van der Waals surface area contributed by atoms with Crippen molar-refractivity contribution in [2.45, 2.75) is 39.3 Å². The molecule has 4 rings (SSSR count). The number of hydrogen-bond donors (Lipinski definition) is 1. The summed E-state index contributed by atoms with van der Waals surface area (Å²) in [4.78, 5) is 18.8. The molecule has 2 aliphatic rings. The van der Waals surface area contributed by atoms with Crippen LogP contribution in [0.5, 0.6) is 5.88 Å². The van der Waals surface area contributed by atoms with E-state index >= 15 is 0 Å². The Morgan fingerprint density at radius 2 is 1.87 bits per heavy atom. The van der Waals surface area contributed by atoms with Crippen molar-refractivity contribution in [3.63, 3.8) is 0 Å². The van der Waals surface area contributed by atoms with E-state index in [4.69, 9.17) is 22.1 Å². The number of benzene rings is 1. The Labute approximate surface area is 181 Å². The largest absolute Gasteiger partial charge is 0.474 e. The van der Waals surface area contributed by atoms with Crippen LogP contribution in [-0.4, -0.2) is 35.0 Å². The van der Waals surface area contributed by atoms with Crippen LogP contribution < -0.4 is 10.5 Å². The third-order valence-electron chi connectivity index (χ3n) is 5.92. The zero-order valence-corrected chi connectivity index (χ0v) is 18.4. The van der Waals surface area contributed by atoms with Gasteiger partial charge in [-0.15, -0.1) is 0 Å². The molecule has 1 saturated carbocycles. The first-order valence-corrected chi connectivity index (χ1v) is 10.7. The lowest BCUT2D eigenvalue weighted by Gasteiger charge is -2.24. The van der Waals surface area contributed by atoms with Gasteiger partial charge in [0.2, 0.25) is 11.8 Å². The number of carbonyl (C=O) groups excluding carboxylic acids is 1. The number of carbonyl (C=O) groups is 1.